The lowest BCUT2D eigenvalue weighted by atomic mass is 10.1. The molecule has 0 saturated carbocycles. The van der Waals surface area contributed by atoms with Crippen molar-refractivity contribution in [3.8, 4) is 5.75 Å². The highest BCUT2D eigenvalue weighted by atomic mass is 16.5. The van der Waals surface area contributed by atoms with Crippen LogP contribution in [0.2, 0.25) is 0 Å². The molecule has 5 nitrogen and oxygen atoms in total. The average Bonchev–Trinajstić information content (AvgIpc) is 3.02. The van der Waals surface area contributed by atoms with Crippen molar-refractivity contribution >= 4 is 10.9 Å². The van der Waals surface area contributed by atoms with E-state index in [1.165, 1.54) is 27.9 Å². The number of hydrogen-bond acceptors (Lipinski definition) is 3. The van der Waals surface area contributed by atoms with Crippen LogP contribution in [0.25, 0.3) is 10.9 Å². The van der Waals surface area contributed by atoms with Crippen molar-refractivity contribution in [3.05, 3.63) is 46.9 Å². The normalized spacial score (nSPS) is 15.8. The molecule has 5 heteroatoms. The molecule has 0 amide bonds. The second-order valence-electron chi connectivity index (χ2n) is 6.86. The third-order valence-corrected chi connectivity index (χ3v) is 5.08. The van der Waals surface area contributed by atoms with Crippen molar-refractivity contribution < 1.29 is 4.74 Å². The summed E-state index contributed by atoms with van der Waals surface area (Å²) in [6.07, 6.45) is 0. The predicted octanol–water partition coefficient (Wildman–Crippen LogP) is 3.36. The number of H-pyrrole nitrogens is 1. The minimum Gasteiger partial charge on any atom is -0.497 e. The van der Waals surface area contributed by atoms with Gasteiger partial charge in [0.1, 0.15) is 5.75 Å². The molecule has 1 saturated heterocycles. The quantitative estimate of drug-likeness (QED) is 0.800. The minimum atomic E-state index is 0.503. The fraction of sp³-hybridized carbons (Fsp3) is 0.421. The molecule has 1 fully saturated rings. The number of fused-ring (bicyclic) bond motifs is 1. The van der Waals surface area contributed by atoms with Crippen LogP contribution >= 0.6 is 0 Å². The van der Waals surface area contributed by atoms with E-state index in [0.717, 1.165) is 31.1 Å². The van der Waals surface area contributed by atoms with E-state index in [1.54, 1.807) is 7.11 Å². The van der Waals surface area contributed by atoms with Crippen molar-refractivity contribution in [2.45, 2.75) is 33.4 Å². The summed E-state index contributed by atoms with van der Waals surface area (Å²) in [6.45, 7) is 9.45. The van der Waals surface area contributed by atoms with Crippen molar-refractivity contribution in [1.82, 2.24) is 19.7 Å². The van der Waals surface area contributed by atoms with Gasteiger partial charge < -0.3 is 9.72 Å². The molecule has 0 unspecified atom stereocenters. The summed E-state index contributed by atoms with van der Waals surface area (Å²) in [4.78, 5) is 6.03. The van der Waals surface area contributed by atoms with E-state index < -0.39 is 0 Å². The van der Waals surface area contributed by atoms with Crippen molar-refractivity contribution in [2.75, 3.05) is 20.2 Å². The Morgan fingerprint density at radius 3 is 2.67 bits per heavy atom. The number of ether oxygens (including phenoxy) is 1. The molecule has 0 spiro atoms. The van der Waals surface area contributed by atoms with Crippen LogP contribution in [-0.4, -0.2) is 39.9 Å². The number of aryl methyl sites for hydroxylation is 3. The van der Waals surface area contributed by atoms with Gasteiger partial charge in [0.05, 0.1) is 18.8 Å². The summed E-state index contributed by atoms with van der Waals surface area (Å²) in [5.41, 5.74) is 6.15. The highest BCUT2D eigenvalue weighted by Gasteiger charge is 2.30. The van der Waals surface area contributed by atoms with Crippen molar-refractivity contribution in [1.29, 1.82) is 0 Å². The standard InChI is InChI=1S/C19H24N4O/c1-12-7-13(2)23(21-12)15-9-22(10-15)11-19-14(3)17-8-16(24-4)5-6-18(17)20-19/h5-8,15,20H,9-11H2,1-4H3. The van der Waals surface area contributed by atoms with Gasteiger partial charge in [0, 0.05) is 41.9 Å². The summed E-state index contributed by atoms with van der Waals surface area (Å²) < 4.78 is 7.52. The van der Waals surface area contributed by atoms with Crippen molar-refractivity contribution in [3.63, 3.8) is 0 Å². The maximum atomic E-state index is 5.34. The van der Waals surface area contributed by atoms with Gasteiger partial charge in [0.15, 0.2) is 0 Å². The molecule has 3 heterocycles. The Balaban J connectivity index is 1.48. The highest BCUT2D eigenvalue weighted by molar-refractivity contribution is 5.85. The van der Waals surface area contributed by atoms with Crippen LogP contribution in [0, 0.1) is 20.8 Å². The Kier molecular flexibility index (Phi) is 3.61. The number of nitrogens with one attached hydrogen (secondary N) is 1. The van der Waals surface area contributed by atoms with Gasteiger partial charge >= 0.3 is 0 Å². The van der Waals surface area contributed by atoms with Crippen LogP contribution in [-0.2, 0) is 6.54 Å². The van der Waals surface area contributed by atoms with Crippen LogP contribution in [0.1, 0.15) is 28.7 Å². The van der Waals surface area contributed by atoms with Gasteiger partial charge in [0.2, 0.25) is 0 Å². The van der Waals surface area contributed by atoms with Gasteiger partial charge in [-0.2, -0.15) is 5.10 Å². The van der Waals surface area contributed by atoms with Gasteiger partial charge in [0.25, 0.3) is 0 Å². The molecule has 126 valence electrons. The molecule has 1 N–H and O–H groups in total. The molecule has 4 rings (SSSR count). The Labute approximate surface area is 142 Å². The van der Waals surface area contributed by atoms with Crippen LogP contribution in [0.3, 0.4) is 0 Å². The van der Waals surface area contributed by atoms with E-state index in [-0.39, 0.29) is 0 Å². The maximum Gasteiger partial charge on any atom is 0.119 e. The molecule has 0 bridgehead atoms. The smallest absolute Gasteiger partial charge is 0.119 e. The van der Waals surface area contributed by atoms with E-state index >= 15 is 0 Å². The van der Waals surface area contributed by atoms with Gasteiger partial charge in [-0.05, 0) is 50.6 Å². The SMILES string of the molecule is COc1ccc2[nH]c(CN3CC(n4nc(C)cc4C)C3)c(C)c2c1. The number of hydrogen-bond donors (Lipinski definition) is 1. The molecule has 2 aromatic heterocycles. The van der Waals surface area contributed by atoms with E-state index in [0.29, 0.717) is 6.04 Å². The van der Waals surface area contributed by atoms with E-state index in [1.807, 2.05) is 6.07 Å². The Hall–Kier alpha value is -2.27. The van der Waals surface area contributed by atoms with Crippen LogP contribution < -0.4 is 4.74 Å². The topological polar surface area (TPSA) is 46.1 Å². The number of nitrogens with zero attached hydrogens (tertiary/aromatic N) is 3. The second-order valence-corrected chi connectivity index (χ2v) is 6.86. The van der Waals surface area contributed by atoms with Gasteiger partial charge in [-0.3, -0.25) is 9.58 Å². The number of methoxy groups -OCH3 is 1. The summed E-state index contributed by atoms with van der Waals surface area (Å²) in [6, 6.07) is 8.87. The average molecular weight is 324 g/mol. The summed E-state index contributed by atoms with van der Waals surface area (Å²) in [5, 5.41) is 5.86. The monoisotopic (exact) mass is 324 g/mol. The van der Waals surface area contributed by atoms with Gasteiger partial charge in [-0.1, -0.05) is 0 Å². The van der Waals surface area contributed by atoms with E-state index in [9.17, 15) is 0 Å². The third kappa shape index (κ3) is 2.49. The molecule has 0 aliphatic carbocycles. The number of benzene rings is 1. The van der Waals surface area contributed by atoms with Crippen molar-refractivity contribution in [2.24, 2.45) is 0 Å². The first kappa shape index (κ1) is 15.3. The molecule has 0 atom stereocenters. The zero-order valence-electron chi connectivity index (χ0n) is 14.8. The Bertz CT molecular complexity index is 886. The molecule has 1 aliphatic rings. The first-order chi connectivity index (χ1) is 11.5. The minimum absolute atomic E-state index is 0.503. The summed E-state index contributed by atoms with van der Waals surface area (Å²) in [5.74, 6) is 0.907. The van der Waals surface area contributed by atoms with Crippen LogP contribution in [0.5, 0.6) is 5.75 Å². The number of aromatic amines is 1. The first-order valence-electron chi connectivity index (χ1n) is 8.45. The Morgan fingerprint density at radius 2 is 2.00 bits per heavy atom. The summed E-state index contributed by atoms with van der Waals surface area (Å²) in [7, 11) is 1.71. The molecule has 0 radical (unpaired) electrons. The van der Waals surface area contributed by atoms with Gasteiger partial charge in [-0.25, -0.2) is 0 Å². The molecule has 24 heavy (non-hydrogen) atoms. The zero-order valence-corrected chi connectivity index (χ0v) is 14.8. The number of likely N-dealkylation sites (tertiary alicyclic amines) is 1. The van der Waals surface area contributed by atoms with E-state index in [4.69, 9.17) is 4.74 Å². The van der Waals surface area contributed by atoms with Crippen LogP contribution in [0.15, 0.2) is 24.3 Å². The second kappa shape index (κ2) is 5.67. The predicted molar refractivity (Wildman–Crippen MR) is 95.6 cm³/mol. The fourth-order valence-corrected chi connectivity index (χ4v) is 3.71. The van der Waals surface area contributed by atoms with Crippen LogP contribution in [0.4, 0.5) is 0 Å². The molecule has 1 aliphatic heterocycles. The van der Waals surface area contributed by atoms with Gasteiger partial charge in [-0.15, -0.1) is 0 Å². The summed E-state index contributed by atoms with van der Waals surface area (Å²) >= 11 is 0. The Morgan fingerprint density at radius 1 is 1.21 bits per heavy atom. The molecular formula is C19H24N4O. The maximum absolute atomic E-state index is 5.34. The number of aromatic nitrogens is 3. The third-order valence-electron chi connectivity index (χ3n) is 5.08. The number of rotatable bonds is 4. The lowest BCUT2D eigenvalue weighted by Gasteiger charge is -2.39. The largest absolute Gasteiger partial charge is 0.497 e. The fourth-order valence-electron chi connectivity index (χ4n) is 3.71. The first-order valence-corrected chi connectivity index (χ1v) is 8.45. The lowest BCUT2D eigenvalue weighted by Crippen LogP contribution is -2.47. The zero-order chi connectivity index (χ0) is 16.8. The molecule has 3 aromatic rings. The highest BCUT2D eigenvalue weighted by Crippen LogP contribution is 2.29. The van der Waals surface area contributed by atoms with E-state index in [2.05, 4.69) is 58.6 Å². The lowest BCUT2D eigenvalue weighted by molar-refractivity contribution is 0.0881. The molecule has 1 aromatic carbocycles. The molecular weight excluding hydrogens is 300 g/mol.